The highest BCUT2D eigenvalue weighted by Gasteiger charge is 2.24. The molecule has 4 heteroatoms. The minimum absolute atomic E-state index is 0.0549. The van der Waals surface area contributed by atoms with Gasteiger partial charge in [0.15, 0.2) is 11.4 Å². The molecule has 0 radical (unpaired) electrons. The number of hydrogen-bond acceptors (Lipinski definition) is 3. The smallest absolute Gasteiger partial charge is 0.178 e. The molecule has 16 heavy (non-hydrogen) atoms. The minimum Gasteiger partial charge on any atom is -0.293 e. The molecule has 1 fully saturated rings. The lowest BCUT2D eigenvalue weighted by Crippen LogP contribution is -2.15. The predicted octanol–water partition coefficient (Wildman–Crippen LogP) is 2.20. The second-order valence-electron chi connectivity index (χ2n) is 4.35. The molecule has 1 aliphatic rings. The van der Waals surface area contributed by atoms with Gasteiger partial charge >= 0.3 is 0 Å². The normalized spacial score (nSPS) is 16.3. The predicted molar refractivity (Wildman–Crippen MR) is 59.6 cm³/mol. The Hall–Kier alpha value is -1.71. The highest BCUT2D eigenvalue weighted by atomic mass is 16.1. The van der Waals surface area contributed by atoms with Crippen LogP contribution in [0.3, 0.4) is 0 Å². The zero-order valence-electron chi connectivity index (χ0n) is 9.18. The van der Waals surface area contributed by atoms with Crippen LogP contribution in [-0.2, 0) is 0 Å². The summed E-state index contributed by atoms with van der Waals surface area (Å²) in [6.45, 7) is 1.58. The summed E-state index contributed by atoms with van der Waals surface area (Å²) in [5.74, 6) is 0.600. The Balaban J connectivity index is 2.25. The summed E-state index contributed by atoms with van der Waals surface area (Å²) in [4.78, 5) is 19.9. The Morgan fingerprint density at radius 3 is 2.81 bits per heavy atom. The monoisotopic (exact) mass is 215 g/mol. The van der Waals surface area contributed by atoms with Crippen molar-refractivity contribution in [2.24, 2.45) is 0 Å². The van der Waals surface area contributed by atoms with Crippen LogP contribution in [0.15, 0.2) is 18.6 Å². The number of ketones is 1. The van der Waals surface area contributed by atoms with E-state index in [1.807, 2.05) is 10.6 Å². The first kappa shape index (κ1) is 9.51. The molecule has 1 saturated carbocycles. The Bertz CT molecular complexity index is 554. The summed E-state index contributed by atoms with van der Waals surface area (Å²) < 4.78 is 1.96. The van der Waals surface area contributed by atoms with Crippen LogP contribution in [0.25, 0.3) is 5.65 Å². The first-order valence-corrected chi connectivity index (χ1v) is 5.59. The number of hydrogen-bond donors (Lipinski definition) is 0. The first-order valence-electron chi connectivity index (χ1n) is 5.59. The van der Waals surface area contributed by atoms with Crippen LogP contribution in [0, 0.1) is 0 Å². The maximum atomic E-state index is 11.5. The second-order valence-corrected chi connectivity index (χ2v) is 4.35. The van der Waals surface area contributed by atoms with Gasteiger partial charge in [-0.05, 0) is 12.8 Å². The van der Waals surface area contributed by atoms with E-state index < -0.39 is 0 Å². The summed E-state index contributed by atoms with van der Waals surface area (Å²) in [7, 11) is 0. The fraction of sp³-hybridized carbons (Fsp3) is 0.417. The molecule has 0 spiro atoms. The third kappa shape index (κ3) is 1.26. The van der Waals surface area contributed by atoms with Crippen LogP contribution in [0.2, 0.25) is 0 Å². The van der Waals surface area contributed by atoms with Gasteiger partial charge < -0.3 is 0 Å². The van der Waals surface area contributed by atoms with Crippen molar-refractivity contribution >= 4 is 11.4 Å². The topological polar surface area (TPSA) is 47.3 Å². The SMILES string of the molecule is CC(=O)c1cnc2cncc(C3CCC3)n12. The van der Waals surface area contributed by atoms with E-state index >= 15 is 0 Å². The van der Waals surface area contributed by atoms with Crippen LogP contribution < -0.4 is 0 Å². The van der Waals surface area contributed by atoms with E-state index in [1.54, 1.807) is 19.3 Å². The van der Waals surface area contributed by atoms with E-state index in [4.69, 9.17) is 0 Å². The van der Waals surface area contributed by atoms with Crippen LogP contribution in [0.1, 0.15) is 48.3 Å². The average Bonchev–Trinajstić information content (AvgIpc) is 2.59. The third-order valence-corrected chi connectivity index (χ3v) is 3.33. The van der Waals surface area contributed by atoms with Crippen LogP contribution in [-0.4, -0.2) is 20.2 Å². The fourth-order valence-corrected chi connectivity index (χ4v) is 2.21. The number of carbonyl (C=O) groups is 1. The molecular formula is C12H13N3O. The number of nitrogens with zero attached hydrogens (tertiary/aromatic N) is 3. The van der Waals surface area contributed by atoms with Crippen molar-refractivity contribution in [1.29, 1.82) is 0 Å². The summed E-state index contributed by atoms with van der Waals surface area (Å²) >= 11 is 0. The van der Waals surface area contributed by atoms with Crippen LogP contribution in [0.5, 0.6) is 0 Å². The molecule has 0 atom stereocenters. The molecule has 0 bridgehead atoms. The Labute approximate surface area is 93.3 Å². The van der Waals surface area contributed by atoms with Gasteiger partial charge in [0.2, 0.25) is 0 Å². The van der Waals surface area contributed by atoms with Crippen molar-refractivity contribution in [1.82, 2.24) is 14.4 Å². The maximum absolute atomic E-state index is 11.5. The number of imidazole rings is 1. The summed E-state index contributed by atoms with van der Waals surface area (Å²) in [6, 6.07) is 0. The van der Waals surface area contributed by atoms with E-state index in [0.29, 0.717) is 11.6 Å². The molecule has 2 aromatic rings. The molecule has 0 N–H and O–H groups in total. The zero-order chi connectivity index (χ0) is 11.1. The third-order valence-electron chi connectivity index (χ3n) is 3.33. The molecule has 4 nitrogen and oxygen atoms in total. The number of fused-ring (bicyclic) bond motifs is 1. The molecule has 2 aromatic heterocycles. The second kappa shape index (κ2) is 3.40. The summed E-state index contributed by atoms with van der Waals surface area (Å²) in [6.07, 6.45) is 8.86. The van der Waals surface area contributed by atoms with Gasteiger partial charge in [0.1, 0.15) is 5.69 Å². The van der Waals surface area contributed by atoms with Crippen molar-refractivity contribution in [3.05, 3.63) is 30.0 Å². The van der Waals surface area contributed by atoms with Gasteiger partial charge in [0.05, 0.1) is 12.4 Å². The quantitative estimate of drug-likeness (QED) is 0.721. The molecule has 0 unspecified atom stereocenters. The van der Waals surface area contributed by atoms with Gasteiger partial charge in [-0.3, -0.25) is 14.2 Å². The lowest BCUT2D eigenvalue weighted by molar-refractivity contribution is 0.101. The fourth-order valence-electron chi connectivity index (χ4n) is 2.21. The van der Waals surface area contributed by atoms with Crippen molar-refractivity contribution in [2.75, 3.05) is 0 Å². The highest BCUT2D eigenvalue weighted by Crippen LogP contribution is 2.36. The molecule has 0 saturated heterocycles. The van der Waals surface area contributed by atoms with E-state index in [2.05, 4.69) is 9.97 Å². The molecule has 3 rings (SSSR count). The highest BCUT2D eigenvalue weighted by molar-refractivity contribution is 5.93. The standard InChI is InChI=1S/C12H13N3O/c1-8(16)10-6-14-12-7-13-5-11(15(10)12)9-3-2-4-9/h5-7,9H,2-4H2,1H3. The van der Waals surface area contributed by atoms with E-state index in [-0.39, 0.29) is 5.78 Å². The largest absolute Gasteiger partial charge is 0.293 e. The number of Topliss-reactive ketones (excluding diaryl/α,β-unsaturated/α-hetero) is 1. The number of carbonyl (C=O) groups excluding carboxylic acids is 1. The lowest BCUT2D eigenvalue weighted by Gasteiger charge is -2.26. The molecule has 0 aromatic carbocycles. The molecule has 0 amide bonds. The minimum atomic E-state index is 0.0549. The van der Waals surface area contributed by atoms with Crippen molar-refractivity contribution in [3.8, 4) is 0 Å². The molecule has 1 aliphatic carbocycles. The molecular weight excluding hydrogens is 202 g/mol. The van der Waals surface area contributed by atoms with Gasteiger partial charge in [-0.15, -0.1) is 0 Å². The van der Waals surface area contributed by atoms with E-state index in [0.717, 1.165) is 11.3 Å². The average molecular weight is 215 g/mol. The van der Waals surface area contributed by atoms with Crippen molar-refractivity contribution in [2.45, 2.75) is 32.1 Å². The van der Waals surface area contributed by atoms with Crippen LogP contribution in [0.4, 0.5) is 0 Å². The Morgan fingerprint density at radius 2 is 2.19 bits per heavy atom. The Kier molecular flexibility index (Phi) is 2.02. The molecule has 2 heterocycles. The molecule has 0 aliphatic heterocycles. The van der Waals surface area contributed by atoms with Gasteiger partial charge in [0.25, 0.3) is 0 Å². The Morgan fingerprint density at radius 1 is 1.38 bits per heavy atom. The van der Waals surface area contributed by atoms with E-state index in [1.165, 1.54) is 19.3 Å². The van der Waals surface area contributed by atoms with Gasteiger partial charge in [0, 0.05) is 24.7 Å². The summed E-state index contributed by atoms with van der Waals surface area (Å²) in [5, 5.41) is 0. The van der Waals surface area contributed by atoms with Crippen molar-refractivity contribution < 1.29 is 4.79 Å². The maximum Gasteiger partial charge on any atom is 0.178 e. The molecule has 82 valence electrons. The van der Waals surface area contributed by atoms with E-state index in [9.17, 15) is 4.79 Å². The number of aromatic nitrogens is 3. The van der Waals surface area contributed by atoms with Gasteiger partial charge in [-0.25, -0.2) is 4.98 Å². The number of rotatable bonds is 2. The first-order chi connectivity index (χ1) is 7.77. The zero-order valence-corrected chi connectivity index (χ0v) is 9.18. The van der Waals surface area contributed by atoms with Crippen molar-refractivity contribution in [3.63, 3.8) is 0 Å². The summed E-state index contributed by atoms with van der Waals surface area (Å²) in [5.41, 5.74) is 2.57. The van der Waals surface area contributed by atoms with Gasteiger partial charge in [-0.2, -0.15) is 0 Å². The lowest BCUT2D eigenvalue weighted by atomic mass is 9.83. The van der Waals surface area contributed by atoms with Crippen LogP contribution >= 0.6 is 0 Å². The van der Waals surface area contributed by atoms with Gasteiger partial charge in [-0.1, -0.05) is 6.42 Å².